The van der Waals surface area contributed by atoms with E-state index in [1.807, 2.05) is 23.7 Å². The molecule has 2 aromatic rings. The van der Waals surface area contributed by atoms with Crippen LogP contribution in [0.2, 0.25) is 0 Å². The molecule has 1 saturated heterocycles. The van der Waals surface area contributed by atoms with Gasteiger partial charge in [-0.05, 0) is 25.5 Å². The monoisotopic (exact) mass is 272 g/mol. The molecular weight excluding hydrogens is 256 g/mol. The molecule has 1 atom stereocenters. The van der Waals surface area contributed by atoms with E-state index in [1.165, 1.54) is 6.20 Å². The van der Waals surface area contributed by atoms with Crippen LogP contribution in [0.15, 0.2) is 24.5 Å². The Kier molecular flexibility index (Phi) is 3.09. The Bertz CT molecular complexity index is 620. The Hall–Kier alpha value is -2.44. The Balaban J connectivity index is 1.72. The summed E-state index contributed by atoms with van der Waals surface area (Å²) in [6, 6.07) is 4.16. The highest BCUT2D eigenvalue weighted by atomic mass is 16.1. The number of rotatable bonds is 3. The Morgan fingerprint density at radius 3 is 2.90 bits per heavy atom. The zero-order valence-electron chi connectivity index (χ0n) is 11.2. The van der Waals surface area contributed by atoms with Gasteiger partial charge in [-0.25, -0.2) is 0 Å². The maximum absolute atomic E-state index is 11.1. The van der Waals surface area contributed by atoms with Crippen molar-refractivity contribution in [1.29, 1.82) is 0 Å². The van der Waals surface area contributed by atoms with Crippen LogP contribution in [0.25, 0.3) is 0 Å². The van der Waals surface area contributed by atoms with E-state index in [0.29, 0.717) is 5.56 Å². The summed E-state index contributed by atoms with van der Waals surface area (Å²) in [5, 5.41) is 12.5. The van der Waals surface area contributed by atoms with Crippen LogP contribution in [0, 0.1) is 6.92 Å². The molecule has 7 nitrogen and oxygen atoms in total. The van der Waals surface area contributed by atoms with Crippen molar-refractivity contribution >= 4 is 11.7 Å². The predicted molar refractivity (Wildman–Crippen MR) is 73.4 cm³/mol. The molecule has 7 heteroatoms. The van der Waals surface area contributed by atoms with Crippen LogP contribution in [0.5, 0.6) is 0 Å². The molecule has 1 aliphatic rings. The third-order valence-electron chi connectivity index (χ3n) is 3.53. The number of hydrogen-bond acceptors (Lipinski definition) is 5. The molecule has 0 radical (unpaired) electrons. The molecule has 1 amide bonds. The number of anilines is 1. The molecule has 0 spiro atoms. The maximum Gasteiger partial charge on any atom is 0.251 e. The van der Waals surface area contributed by atoms with E-state index in [-0.39, 0.29) is 6.04 Å². The largest absolute Gasteiger partial charge is 0.366 e. The second-order valence-corrected chi connectivity index (χ2v) is 4.99. The van der Waals surface area contributed by atoms with Crippen LogP contribution in [-0.4, -0.2) is 39.0 Å². The first-order chi connectivity index (χ1) is 9.63. The van der Waals surface area contributed by atoms with Gasteiger partial charge < -0.3 is 10.6 Å². The van der Waals surface area contributed by atoms with Crippen LogP contribution < -0.4 is 10.6 Å². The molecule has 1 fully saturated rings. The van der Waals surface area contributed by atoms with Crippen molar-refractivity contribution in [2.24, 2.45) is 5.73 Å². The molecular formula is C13H16N6O. The number of aryl methyl sites for hydroxylation is 1. The second-order valence-electron chi connectivity index (χ2n) is 4.99. The van der Waals surface area contributed by atoms with E-state index >= 15 is 0 Å². The van der Waals surface area contributed by atoms with Gasteiger partial charge >= 0.3 is 0 Å². The highest BCUT2D eigenvalue weighted by molar-refractivity contribution is 5.92. The van der Waals surface area contributed by atoms with Gasteiger partial charge in [-0.2, -0.15) is 10.2 Å². The van der Waals surface area contributed by atoms with Gasteiger partial charge in [0.2, 0.25) is 0 Å². The third-order valence-corrected chi connectivity index (χ3v) is 3.53. The fourth-order valence-electron chi connectivity index (χ4n) is 2.39. The lowest BCUT2D eigenvalue weighted by Gasteiger charge is -2.16. The number of carbonyl (C=O) groups is 1. The van der Waals surface area contributed by atoms with Crippen molar-refractivity contribution in [2.45, 2.75) is 19.4 Å². The van der Waals surface area contributed by atoms with Crippen LogP contribution in [-0.2, 0) is 0 Å². The number of amides is 1. The van der Waals surface area contributed by atoms with Gasteiger partial charge in [0.1, 0.15) is 0 Å². The van der Waals surface area contributed by atoms with Crippen molar-refractivity contribution in [3.05, 3.63) is 35.8 Å². The third kappa shape index (κ3) is 2.34. The normalized spacial score (nSPS) is 18.4. The summed E-state index contributed by atoms with van der Waals surface area (Å²) in [7, 11) is 0. The number of carbonyl (C=O) groups excluding carboxylic acids is 1. The van der Waals surface area contributed by atoms with Crippen molar-refractivity contribution in [1.82, 2.24) is 20.0 Å². The Labute approximate surface area is 116 Å². The summed E-state index contributed by atoms with van der Waals surface area (Å²) in [5.41, 5.74) is 6.59. The lowest BCUT2D eigenvalue weighted by molar-refractivity contribution is 0.1000. The molecule has 3 rings (SSSR count). The first kappa shape index (κ1) is 12.6. The molecule has 20 heavy (non-hydrogen) atoms. The lowest BCUT2D eigenvalue weighted by atomic mass is 10.3. The number of nitrogens with zero attached hydrogens (tertiary/aromatic N) is 5. The van der Waals surface area contributed by atoms with E-state index < -0.39 is 5.91 Å². The zero-order valence-corrected chi connectivity index (χ0v) is 11.2. The first-order valence-corrected chi connectivity index (χ1v) is 6.53. The average molecular weight is 272 g/mol. The predicted octanol–water partition coefficient (Wildman–Crippen LogP) is 0.532. The van der Waals surface area contributed by atoms with Gasteiger partial charge in [-0.15, -0.1) is 5.10 Å². The van der Waals surface area contributed by atoms with Crippen LogP contribution in [0.3, 0.4) is 0 Å². The van der Waals surface area contributed by atoms with Gasteiger partial charge in [0.05, 0.1) is 23.5 Å². The SMILES string of the molecule is Cc1ccc(N2CCC(n3cc(C(N)=O)cn3)C2)nn1. The van der Waals surface area contributed by atoms with Crippen molar-refractivity contribution in [2.75, 3.05) is 18.0 Å². The van der Waals surface area contributed by atoms with Crippen molar-refractivity contribution in [3.8, 4) is 0 Å². The van der Waals surface area contributed by atoms with Crippen molar-refractivity contribution in [3.63, 3.8) is 0 Å². The molecule has 0 aliphatic carbocycles. The molecule has 1 unspecified atom stereocenters. The van der Waals surface area contributed by atoms with Gasteiger partial charge in [-0.1, -0.05) is 0 Å². The summed E-state index contributed by atoms with van der Waals surface area (Å²) in [5.74, 6) is 0.427. The molecule has 0 saturated carbocycles. The fourth-order valence-corrected chi connectivity index (χ4v) is 2.39. The van der Waals surface area contributed by atoms with E-state index in [1.54, 1.807) is 6.20 Å². The van der Waals surface area contributed by atoms with Gasteiger partial charge in [0.25, 0.3) is 5.91 Å². The van der Waals surface area contributed by atoms with Gasteiger partial charge in [0.15, 0.2) is 5.82 Å². The highest BCUT2D eigenvalue weighted by Gasteiger charge is 2.26. The highest BCUT2D eigenvalue weighted by Crippen LogP contribution is 2.25. The van der Waals surface area contributed by atoms with Crippen LogP contribution in [0.4, 0.5) is 5.82 Å². The van der Waals surface area contributed by atoms with Gasteiger partial charge in [-0.3, -0.25) is 9.48 Å². The fraction of sp³-hybridized carbons (Fsp3) is 0.385. The summed E-state index contributed by atoms with van der Waals surface area (Å²) >= 11 is 0. The summed E-state index contributed by atoms with van der Waals surface area (Å²) in [4.78, 5) is 13.3. The standard InChI is InChI=1S/C13H16N6O/c1-9-2-3-12(17-16-9)18-5-4-11(8-18)19-7-10(6-15-19)13(14)20/h2-3,6-7,11H,4-5,8H2,1H3,(H2,14,20). The number of nitrogens with two attached hydrogens (primary N) is 1. The van der Waals surface area contributed by atoms with E-state index in [4.69, 9.17) is 5.73 Å². The molecule has 1 aliphatic heterocycles. The molecule has 3 heterocycles. The quantitative estimate of drug-likeness (QED) is 0.880. The van der Waals surface area contributed by atoms with E-state index in [0.717, 1.165) is 31.0 Å². The summed E-state index contributed by atoms with van der Waals surface area (Å²) in [6.45, 7) is 3.62. The Morgan fingerprint density at radius 1 is 1.40 bits per heavy atom. The number of primary amides is 1. The van der Waals surface area contributed by atoms with Crippen molar-refractivity contribution < 1.29 is 4.79 Å². The van der Waals surface area contributed by atoms with Crippen LogP contribution >= 0.6 is 0 Å². The molecule has 0 bridgehead atoms. The average Bonchev–Trinajstić information content (AvgIpc) is 3.08. The minimum Gasteiger partial charge on any atom is -0.366 e. The molecule has 0 aromatic carbocycles. The Morgan fingerprint density at radius 2 is 2.25 bits per heavy atom. The van der Waals surface area contributed by atoms with Crippen LogP contribution in [0.1, 0.15) is 28.5 Å². The number of aromatic nitrogens is 4. The van der Waals surface area contributed by atoms with Gasteiger partial charge in [0, 0.05) is 19.3 Å². The van der Waals surface area contributed by atoms with E-state index in [2.05, 4.69) is 20.2 Å². The summed E-state index contributed by atoms with van der Waals surface area (Å²) < 4.78 is 1.81. The minimum atomic E-state index is -0.449. The lowest BCUT2D eigenvalue weighted by Crippen LogP contribution is -2.22. The van der Waals surface area contributed by atoms with E-state index in [9.17, 15) is 4.79 Å². The topological polar surface area (TPSA) is 89.9 Å². The zero-order chi connectivity index (χ0) is 14.1. The molecule has 104 valence electrons. The minimum absolute atomic E-state index is 0.228. The smallest absolute Gasteiger partial charge is 0.251 e. The second kappa shape index (κ2) is 4.92. The molecule has 2 aromatic heterocycles. The first-order valence-electron chi connectivity index (χ1n) is 6.53. The number of hydrogen-bond donors (Lipinski definition) is 1. The molecule has 2 N–H and O–H groups in total. The summed E-state index contributed by atoms with van der Waals surface area (Å²) in [6.07, 6.45) is 4.17. The maximum atomic E-state index is 11.1.